The largest absolute Gasteiger partial charge is 0.497 e. The van der Waals surface area contributed by atoms with Crippen molar-refractivity contribution >= 4 is 17.4 Å². The van der Waals surface area contributed by atoms with E-state index in [-0.39, 0.29) is 0 Å². The molecule has 20 heavy (non-hydrogen) atoms. The number of thioether (sulfide) groups is 1. The molecule has 0 aliphatic rings. The third kappa shape index (κ3) is 3.20. The first-order valence-corrected chi connectivity index (χ1v) is 7.33. The Morgan fingerprint density at radius 3 is 2.60 bits per heavy atom. The van der Waals surface area contributed by atoms with Gasteiger partial charge in [0.2, 0.25) is 0 Å². The highest BCUT2D eigenvalue weighted by atomic mass is 32.2. The van der Waals surface area contributed by atoms with E-state index in [1.807, 2.05) is 37.3 Å². The number of ether oxygens (including phenoxy) is 2. The molecular weight excluding hydrogens is 270 g/mol. The molecule has 0 bridgehead atoms. The number of hydrogen-bond donors (Lipinski definition) is 1. The molecule has 4 heteroatoms. The van der Waals surface area contributed by atoms with Gasteiger partial charge in [-0.25, -0.2) is 0 Å². The molecule has 3 nitrogen and oxygen atoms in total. The van der Waals surface area contributed by atoms with Crippen molar-refractivity contribution in [3.05, 3.63) is 47.5 Å². The Balaban J connectivity index is 2.19. The van der Waals surface area contributed by atoms with Crippen molar-refractivity contribution < 1.29 is 9.47 Å². The Bertz CT molecular complexity index is 599. The average molecular weight is 289 g/mol. The second-order valence-corrected chi connectivity index (χ2v) is 5.45. The fourth-order valence-electron chi connectivity index (χ4n) is 1.94. The lowest BCUT2D eigenvalue weighted by Gasteiger charge is -2.12. The van der Waals surface area contributed by atoms with Gasteiger partial charge in [0.05, 0.1) is 14.2 Å². The zero-order valence-corrected chi connectivity index (χ0v) is 12.8. The monoisotopic (exact) mass is 289 g/mol. The molecule has 0 saturated carbocycles. The van der Waals surface area contributed by atoms with Crippen LogP contribution in [0.1, 0.15) is 11.1 Å². The number of methoxy groups -OCH3 is 2. The highest BCUT2D eigenvalue weighted by molar-refractivity contribution is 7.98. The third-order valence-corrected chi connectivity index (χ3v) is 4.41. The van der Waals surface area contributed by atoms with E-state index in [0.29, 0.717) is 0 Å². The summed E-state index contributed by atoms with van der Waals surface area (Å²) in [6, 6.07) is 11.8. The van der Waals surface area contributed by atoms with Gasteiger partial charge >= 0.3 is 0 Å². The second kappa shape index (κ2) is 6.57. The number of hydrogen-bond acceptors (Lipinski definition) is 4. The number of anilines is 1. The van der Waals surface area contributed by atoms with Crippen LogP contribution in [0.3, 0.4) is 0 Å². The SMILES string of the molecule is COc1ccc(OC)c(CSc2cccc(N)c2C)c1. The third-order valence-electron chi connectivity index (χ3n) is 3.20. The minimum absolute atomic E-state index is 0.810. The highest BCUT2D eigenvalue weighted by Crippen LogP contribution is 2.33. The molecule has 0 aliphatic heterocycles. The minimum Gasteiger partial charge on any atom is -0.497 e. The molecular formula is C16H19NO2S. The number of nitrogens with two attached hydrogens (primary N) is 1. The Kier molecular flexibility index (Phi) is 4.79. The lowest BCUT2D eigenvalue weighted by molar-refractivity contribution is 0.400. The van der Waals surface area contributed by atoms with E-state index in [9.17, 15) is 0 Å². The molecule has 0 saturated heterocycles. The van der Waals surface area contributed by atoms with Crippen LogP contribution in [0.5, 0.6) is 11.5 Å². The predicted octanol–water partition coefficient (Wildman–Crippen LogP) is 3.89. The highest BCUT2D eigenvalue weighted by Gasteiger charge is 2.08. The normalized spacial score (nSPS) is 10.3. The first-order chi connectivity index (χ1) is 9.65. The van der Waals surface area contributed by atoms with Gasteiger partial charge in [-0.15, -0.1) is 11.8 Å². The van der Waals surface area contributed by atoms with Gasteiger partial charge in [-0.2, -0.15) is 0 Å². The molecule has 2 N–H and O–H groups in total. The molecule has 2 aromatic carbocycles. The van der Waals surface area contributed by atoms with Gasteiger partial charge in [-0.1, -0.05) is 6.07 Å². The van der Waals surface area contributed by atoms with Gasteiger partial charge in [0, 0.05) is 21.9 Å². The molecule has 0 radical (unpaired) electrons. The molecule has 0 aliphatic carbocycles. The summed E-state index contributed by atoms with van der Waals surface area (Å²) in [6.45, 7) is 2.04. The second-order valence-electron chi connectivity index (χ2n) is 4.44. The van der Waals surface area contributed by atoms with Gasteiger partial charge in [0.25, 0.3) is 0 Å². The topological polar surface area (TPSA) is 44.5 Å². The van der Waals surface area contributed by atoms with Crippen molar-refractivity contribution in [3.8, 4) is 11.5 Å². The summed E-state index contributed by atoms with van der Waals surface area (Å²) < 4.78 is 10.7. The van der Waals surface area contributed by atoms with E-state index >= 15 is 0 Å². The van der Waals surface area contributed by atoms with Crippen LogP contribution in [0.25, 0.3) is 0 Å². The van der Waals surface area contributed by atoms with Crippen LogP contribution < -0.4 is 15.2 Å². The van der Waals surface area contributed by atoms with E-state index < -0.39 is 0 Å². The Morgan fingerprint density at radius 2 is 1.90 bits per heavy atom. The van der Waals surface area contributed by atoms with Gasteiger partial charge < -0.3 is 15.2 Å². The molecule has 0 unspecified atom stereocenters. The van der Waals surface area contributed by atoms with Crippen LogP contribution in [-0.2, 0) is 5.75 Å². The van der Waals surface area contributed by atoms with Gasteiger partial charge in [0.1, 0.15) is 11.5 Å². The number of nitrogen functional groups attached to an aromatic ring is 1. The van der Waals surface area contributed by atoms with Gasteiger partial charge in [0.15, 0.2) is 0 Å². The molecule has 0 atom stereocenters. The maximum atomic E-state index is 5.93. The zero-order chi connectivity index (χ0) is 14.5. The molecule has 106 valence electrons. The zero-order valence-electron chi connectivity index (χ0n) is 12.0. The standard InChI is InChI=1S/C16H19NO2S/c1-11-14(17)5-4-6-16(11)20-10-12-9-13(18-2)7-8-15(12)19-3/h4-9H,10,17H2,1-3H3. The summed E-state index contributed by atoms with van der Waals surface area (Å²) in [6.07, 6.45) is 0. The van der Waals surface area contributed by atoms with E-state index in [2.05, 4.69) is 6.07 Å². The van der Waals surface area contributed by atoms with Crippen molar-refractivity contribution in [2.45, 2.75) is 17.6 Å². The van der Waals surface area contributed by atoms with Crippen molar-refractivity contribution in [1.82, 2.24) is 0 Å². The maximum absolute atomic E-state index is 5.93. The molecule has 0 aromatic heterocycles. The van der Waals surface area contributed by atoms with E-state index in [1.165, 1.54) is 4.90 Å². The summed E-state index contributed by atoms with van der Waals surface area (Å²) in [4.78, 5) is 1.19. The first-order valence-electron chi connectivity index (χ1n) is 6.34. The summed E-state index contributed by atoms with van der Waals surface area (Å²) in [5, 5.41) is 0. The van der Waals surface area contributed by atoms with E-state index in [0.717, 1.165) is 34.1 Å². The minimum atomic E-state index is 0.810. The van der Waals surface area contributed by atoms with Crippen LogP contribution in [0.15, 0.2) is 41.3 Å². The van der Waals surface area contributed by atoms with Crippen molar-refractivity contribution in [3.63, 3.8) is 0 Å². The number of rotatable bonds is 5. The average Bonchev–Trinajstić information content (AvgIpc) is 2.48. The molecule has 0 fully saturated rings. The fraction of sp³-hybridized carbons (Fsp3) is 0.250. The summed E-state index contributed by atoms with van der Waals surface area (Å²) in [7, 11) is 3.35. The van der Waals surface area contributed by atoms with Crippen LogP contribution in [-0.4, -0.2) is 14.2 Å². The van der Waals surface area contributed by atoms with Crippen LogP contribution in [0.2, 0.25) is 0 Å². The number of benzene rings is 2. The van der Waals surface area contributed by atoms with Crippen molar-refractivity contribution in [2.75, 3.05) is 20.0 Å². The smallest absolute Gasteiger partial charge is 0.123 e. The summed E-state index contributed by atoms with van der Waals surface area (Å²) in [5.74, 6) is 2.52. The Hall–Kier alpha value is -1.81. The Labute approximate surface area is 124 Å². The van der Waals surface area contributed by atoms with Crippen molar-refractivity contribution in [1.29, 1.82) is 0 Å². The maximum Gasteiger partial charge on any atom is 0.123 e. The lowest BCUT2D eigenvalue weighted by atomic mass is 10.2. The van der Waals surface area contributed by atoms with Gasteiger partial charge in [-0.05, 0) is 42.8 Å². The molecule has 0 spiro atoms. The first kappa shape index (κ1) is 14.6. The Morgan fingerprint density at radius 1 is 1.10 bits per heavy atom. The van der Waals surface area contributed by atoms with Crippen LogP contribution in [0.4, 0.5) is 5.69 Å². The van der Waals surface area contributed by atoms with Gasteiger partial charge in [-0.3, -0.25) is 0 Å². The predicted molar refractivity (Wildman–Crippen MR) is 84.7 cm³/mol. The van der Waals surface area contributed by atoms with Crippen LogP contribution >= 0.6 is 11.8 Å². The van der Waals surface area contributed by atoms with E-state index in [1.54, 1.807) is 26.0 Å². The molecule has 0 heterocycles. The quantitative estimate of drug-likeness (QED) is 0.670. The fourth-order valence-corrected chi connectivity index (χ4v) is 2.98. The molecule has 2 rings (SSSR count). The van der Waals surface area contributed by atoms with E-state index in [4.69, 9.17) is 15.2 Å². The summed E-state index contributed by atoms with van der Waals surface area (Å²) in [5.41, 5.74) is 8.99. The van der Waals surface area contributed by atoms with Crippen molar-refractivity contribution in [2.24, 2.45) is 0 Å². The summed E-state index contributed by atoms with van der Waals surface area (Å²) >= 11 is 1.75. The van der Waals surface area contributed by atoms with Crippen LogP contribution in [0, 0.1) is 6.92 Å². The molecule has 2 aromatic rings. The molecule has 0 amide bonds. The lowest BCUT2D eigenvalue weighted by Crippen LogP contribution is -1.94.